The summed E-state index contributed by atoms with van der Waals surface area (Å²) in [5.74, 6) is -1.38. The van der Waals surface area contributed by atoms with Crippen molar-refractivity contribution < 1.29 is 16.8 Å². The number of rotatable bonds is 4. The molecular weight excluding hydrogens is 300 g/mol. The van der Waals surface area contributed by atoms with Gasteiger partial charge >= 0.3 is 0 Å². The summed E-state index contributed by atoms with van der Waals surface area (Å²) in [4.78, 5) is -0.252. The van der Waals surface area contributed by atoms with Crippen molar-refractivity contribution in [2.75, 3.05) is 11.5 Å². The molecule has 0 unspecified atom stereocenters. The van der Waals surface area contributed by atoms with E-state index >= 15 is 0 Å². The van der Waals surface area contributed by atoms with Gasteiger partial charge in [0.15, 0.2) is 9.84 Å². The van der Waals surface area contributed by atoms with Gasteiger partial charge in [-0.05, 0) is 18.2 Å². The molecule has 9 heteroatoms. The van der Waals surface area contributed by atoms with Crippen LogP contribution in [0.15, 0.2) is 23.1 Å². The molecule has 0 aliphatic carbocycles. The van der Waals surface area contributed by atoms with E-state index in [4.69, 9.17) is 22.0 Å². The lowest BCUT2D eigenvalue weighted by Crippen LogP contribution is -2.23. The van der Waals surface area contributed by atoms with Crippen LogP contribution in [0.1, 0.15) is 5.56 Å². The average molecular weight is 309 g/mol. The standard InChI is InChI=1S/C9H9ClN2O4S2/c10-8-1-2-9(7(5-8)6-11)17(13,14)3-4-18(12,15)16/h1-2,5H,3-4H2,(H2,12,15,16). The maximum Gasteiger partial charge on any atom is 0.210 e. The zero-order chi connectivity index (χ0) is 14.0. The maximum absolute atomic E-state index is 11.9. The molecule has 98 valence electrons. The Morgan fingerprint density at radius 1 is 1.22 bits per heavy atom. The topological polar surface area (TPSA) is 118 Å². The van der Waals surface area contributed by atoms with E-state index in [1.807, 2.05) is 0 Å². The van der Waals surface area contributed by atoms with Crippen LogP contribution in [0, 0.1) is 11.3 Å². The zero-order valence-corrected chi connectivity index (χ0v) is 11.4. The molecule has 0 saturated carbocycles. The van der Waals surface area contributed by atoms with Gasteiger partial charge in [-0.1, -0.05) is 11.6 Å². The quantitative estimate of drug-likeness (QED) is 0.856. The van der Waals surface area contributed by atoms with Gasteiger partial charge in [0.2, 0.25) is 10.0 Å². The van der Waals surface area contributed by atoms with Crippen LogP contribution in [0.3, 0.4) is 0 Å². The summed E-state index contributed by atoms with van der Waals surface area (Å²) >= 11 is 5.63. The monoisotopic (exact) mass is 308 g/mol. The lowest BCUT2D eigenvalue weighted by Gasteiger charge is -2.05. The number of benzene rings is 1. The smallest absolute Gasteiger partial charge is 0.210 e. The molecule has 18 heavy (non-hydrogen) atoms. The Balaban J connectivity index is 3.18. The van der Waals surface area contributed by atoms with Crippen LogP contribution in [0.25, 0.3) is 0 Å². The molecule has 0 saturated heterocycles. The molecule has 2 N–H and O–H groups in total. The number of nitriles is 1. The molecule has 0 aliphatic heterocycles. The first-order chi connectivity index (χ1) is 8.15. The molecule has 1 aromatic carbocycles. The van der Waals surface area contributed by atoms with Crippen molar-refractivity contribution in [3.63, 3.8) is 0 Å². The van der Waals surface area contributed by atoms with E-state index in [1.54, 1.807) is 6.07 Å². The van der Waals surface area contributed by atoms with Gasteiger partial charge in [-0.15, -0.1) is 0 Å². The van der Waals surface area contributed by atoms with Crippen molar-refractivity contribution >= 4 is 31.5 Å². The second-order valence-corrected chi connectivity index (χ2v) is 7.69. The molecule has 0 aliphatic rings. The number of primary sulfonamides is 1. The number of halogens is 1. The summed E-state index contributed by atoms with van der Waals surface area (Å²) in [5, 5.41) is 13.8. The summed E-state index contributed by atoms with van der Waals surface area (Å²) < 4.78 is 45.2. The van der Waals surface area contributed by atoms with Gasteiger partial charge in [-0.3, -0.25) is 0 Å². The van der Waals surface area contributed by atoms with E-state index < -0.39 is 31.4 Å². The molecule has 6 nitrogen and oxygen atoms in total. The first kappa shape index (κ1) is 14.9. The van der Waals surface area contributed by atoms with Crippen LogP contribution < -0.4 is 5.14 Å². The van der Waals surface area contributed by atoms with E-state index in [0.29, 0.717) is 0 Å². The van der Waals surface area contributed by atoms with Gasteiger partial charge in [-0.25, -0.2) is 22.0 Å². The minimum atomic E-state index is -3.89. The lowest BCUT2D eigenvalue weighted by atomic mass is 10.2. The van der Waals surface area contributed by atoms with Crippen LogP contribution in [0.4, 0.5) is 0 Å². The van der Waals surface area contributed by atoms with Crippen LogP contribution in [0.5, 0.6) is 0 Å². The second-order valence-electron chi connectivity index (χ2n) is 3.44. The van der Waals surface area contributed by atoms with E-state index in [2.05, 4.69) is 0 Å². The molecule has 0 heterocycles. The SMILES string of the molecule is N#Cc1cc(Cl)ccc1S(=O)(=O)CCS(N)(=O)=O. The molecule has 1 rings (SSSR count). The fraction of sp³-hybridized carbons (Fsp3) is 0.222. The van der Waals surface area contributed by atoms with Crippen molar-refractivity contribution in [3.8, 4) is 6.07 Å². The van der Waals surface area contributed by atoms with Gasteiger partial charge in [0.05, 0.1) is 22.0 Å². The third-order valence-corrected chi connectivity index (χ3v) is 5.07. The van der Waals surface area contributed by atoms with Gasteiger partial charge in [0, 0.05) is 5.02 Å². The highest BCUT2D eigenvalue weighted by atomic mass is 35.5. The molecule has 0 fully saturated rings. The minimum absolute atomic E-state index is 0.128. The van der Waals surface area contributed by atoms with Gasteiger partial charge < -0.3 is 0 Å². The van der Waals surface area contributed by atoms with Crippen molar-refractivity contribution in [1.29, 1.82) is 5.26 Å². The number of hydrogen-bond acceptors (Lipinski definition) is 5. The highest BCUT2D eigenvalue weighted by Gasteiger charge is 2.21. The highest BCUT2D eigenvalue weighted by Crippen LogP contribution is 2.21. The summed E-state index contributed by atoms with van der Waals surface area (Å²) in [6, 6.07) is 5.37. The normalized spacial score (nSPS) is 12.1. The second kappa shape index (κ2) is 5.24. The molecule has 0 bridgehead atoms. The summed E-state index contributed by atoms with van der Waals surface area (Å²) in [5.41, 5.74) is -0.128. The Hall–Kier alpha value is -1.14. The Morgan fingerprint density at radius 3 is 2.33 bits per heavy atom. The lowest BCUT2D eigenvalue weighted by molar-refractivity contribution is 0.588. The Bertz CT molecular complexity index is 705. The maximum atomic E-state index is 11.9. The van der Waals surface area contributed by atoms with Gasteiger partial charge in [0.1, 0.15) is 6.07 Å². The molecule has 0 atom stereocenters. The summed E-state index contributed by atoms with van der Waals surface area (Å²) in [7, 11) is -7.77. The predicted octanol–water partition coefficient (Wildman–Crippen LogP) is 0.274. The third kappa shape index (κ3) is 3.96. The largest absolute Gasteiger partial charge is 0.229 e. The highest BCUT2D eigenvalue weighted by molar-refractivity contribution is 7.94. The Morgan fingerprint density at radius 2 is 1.83 bits per heavy atom. The number of hydrogen-bond donors (Lipinski definition) is 1. The number of nitrogens with zero attached hydrogens (tertiary/aromatic N) is 1. The molecule has 0 radical (unpaired) electrons. The molecule has 0 aromatic heterocycles. The number of sulfonamides is 1. The van der Waals surface area contributed by atoms with Crippen LogP contribution in [-0.4, -0.2) is 28.3 Å². The van der Waals surface area contributed by atoms with Gasteiger partial charge in [0.25, 0.3) is 0 Å². The molecule has 1 aromatic rings. The van der Waals surface area contributed by atoms with Crippen molar-refractivity contribution in [1.82, 2.24) is 0 Å². The van der Waals surface area contributed by atoms with Crippen LogP contribution >= 0.6 is 11.6 Å². The molecule has 0 spiro atoms. The van der Waals surface area contributed by atoms with Crippen LogP contribution in [-0.2, 0) is 19.9 Å². The fourth-order valence-electron chi connectivity index (χ4n) is 1.20. The predicted molar refractivity (Wildman–Crippen MR) is 66.2 cm³/mol. The van der Waals surface area contributed by atoms with Crippen molar-refractivity contribution in [3.05, 3.63) is 28.8 Å². The summed E-state index contributed by atoms with van der Waals surface area (Å²) in [6.45, 7) is 0. The first-order valence-electron chi connectivity index (χ1n) is 4.58. The summed E-state index contributed by atoms with van der Waals surface area (Å²) in [6.07, 6.45) is 0. The Labute approximate surface area is 110 Å². The number of nitrogens with two attached hydrogens (primary N) is 1. The van der Waals surface area contributed by atoms with Crippen LogP contribution in [0.2, 0.25) is 5.02 Å². The van der Waals surface area contributed by atoms with Gasteiger partial charge in [-0.2, -0.15) is 5.26 Å². The Kier molecular flexibility index (Phi) is 4.34. The zero-order valence-electron chi connectivity index (χ0n) is 9.00. The van der Waals surface area contributed by atoms with Crippen molar-refractivity contribution in [2.24, 2.45) is 5.14 Å². The third-order valence-electron chi connectivity index (χ3n) is 2.03. The first-order valence-corrected chi connectivity index (χ1v) is 8.33. The van der Waals surface area contributed by atoms with E-state index in [1.165, 1.54) is 18.2 Å². The minimum Gasteiger partial charge on any atom is -0.229 e. The van der Waals surface area contributed by atoms with Crippen molar-refractivity contribution in [2.45, 2.75) is 4.90 Å². The number of sulfone groups is 1. The van der Waals surface area contributed by atoms with E-state index in [-0.39, 0.29) is 15.5 Å². The average Bonchev–Trinajstić information content (AvgIpc) is 2.25. The van der Waals surface area contributed by atoms with E-state index in [9.17, 15) is 16.8 Å². The fourth-order valence-corrected chi connectivity index (χ4v) is 4.11. The van der Waals surface area contributed by atoms with E-state index in [0.717, 1.165) is 0 Å². The molecule has 0 amide bonds. The molecular formula is C9H9ClN2O4S2.